The summed E-state index contributed by atoms with van der Waals surface area (Å²) in [6.07, 6.45) is 3.99. The number of benzene rings is 1. The van der Waals surface area contributed by atoms with Crippen molar-refractivity contribution in [1.82, 2.24) is 10.2 Å². The minimum Gasteiger partial charge on any atom is -0.353 e. The summed E-state index contributed by atoms with van der Waals surface area (Å²) in [5.41, 5.74) is 2.36. The molecule has 21 heavy (non-hydrogen) atoms. The third-order valence-corrected chi connectivity index (χ3v) is 4.42. The van der Waals surface area contributed by atoms with Crippen molar-refractivity contribution in [2.24, 2.45) is 0 Å². The van der Waals surface area contributed by atoms with Gasteiger partial charge in [-0.2, -0.15) is 0 Å². The van der Waals surface area contributed by atoms with Gasteiger partial charge in [0.1, 0.15) is 0 Å². The van der Waals surface area contributed by atoms with Crippen LogP contribution in [-0.4, -0.2) is 28.8 Å². The van der Waals surface area contributed by atoms with Crippen LogP contribution in [0.3, 0.4) is 0 Å². The van der Waals surface area contributed by atoms with E-state index in [4.69, 9.17) is 0 Å². The van der Waals surface area contributed by atoms with Crippen LogP contribution in [0.5, 0.6) is 0 Å². The van der Waals surface area contributed by atoms with Crippen molar-refractivity contribution in [2.45, 2.75) is 57.7 Å². The Bertz CT molecular complexity index is 551. The number of carbonyl (C=O) groups is 2. The van der Waals surface area contributed by atoms with Gasteiger partial charge in [0.05, 0.1) is 0 Å². The van der Waals surface area contributed by atoms with Crippen LogP contribution >= 0.6 is 0 Å². The zero-order chi connectivity index (χ0) is 14.8. The van der Waals surface area contributed by atoms with E-state index < -0.39 is 0 Å². The number of carbonyl (C=O) groups excluding carboxylic acids is 2. The maximum atomic E-state index is 12.1. The average Bonchev–Trinajstić information content (AvgIpc) is 3.20. The van der Waals surface area contributed by atoms with Crippen LogP contribution < -0.4 is 5.32 Å². The molecule has 2 amide bonds. The summed E-state index contributed by atoms with van der Waals surface area (Å²) in [5, 5.41) is 3.01. The maximum Gasteiger partial charge on any atom is 0.223 e. The summed E-state index contributed by atoms with van der Waals surface area (Å²) in [4.78, 5) is 26.0. The largest absolute Gasteiger partial charge is 0.353 e. The quantitative estimate of drug-likeness (QED) is 0.901. The summed E-state index contributed by atoms with van der Waals surface area (Å²) in [7, 11) is 0. The molecule has 1 saturated carbocycles. The van der Waals surface area contributed by atoms with Gasteiger partial charge in [-0.15, -0.1) is 0 Å². The summed E-state index contributed by atoms with van der Waals surface area (Å²) < 4.78 is 0. The average molecular weight is 286 g/mol. The highest BCUT2D eigenvalue weighted by molar-refractivity contribution is 5.82. The van der Waals surface area contributed by atoms with E-state index in [0.29, 0.717) is 25.4 Å². The predicted octanol–water partition coefficient (Wildman–Crippen LogP) is 2.15. The number of nitrogens with one attached hydrogen (secondary N) is 1. The molecule has 0 radical (unpaired) electrons. The van der Waals surface area contributed by atoms with Crippen molar-refractivity contribution < 1.29 is 9.59 Å². The Hall–Kier alpha value is -1.84. The van der Waals surface area contributed by atoms with Crippen molar-refractivity contribution in [2.75, 3.05) is 0 Å². The molecule has 0 aromatic heterocycles. The van der Waals surface area contributed by atoms with Gasteiger partial charge in [-0.1, -0.05) is 24.3 Å². The number of hydrogen-bond acceptors (Lipinski definition) is 2. The fraction of sp³-hybridized carbons (Fsp3) is 0.529. The van der Waals surface area contributed by atoms with Crippen LogP contribution in [0.2, 0.25) is 0 Å². The molecule has 1 aromatic rings. The third kappa shape index (κ3) is 3.43. The van der Waals surface area contributed by atoms with Gasteiger partial charge >= 0.3 is 0 Å². The van der Waals surface area contributed by atoms with Crippen molar-refractivity contribution in [1.29, 1.82) is 0 Å². The Morgan fingerprint density at radius 1 is 1.29 bits per heavy atom. The third-order valence-electron chi connectivity index (χ3n) is 4.42. The Labute approximate surface area is 125 Å². The normalized spacial score (nSPS) is 21.7. The number of nitrogens with zero attached hydrogens (tertiary/aromatic N) is 1. The molecule has 1 aromatic carbocycles. The van der Waals surface area contributed by atoms with E-state index >= 15 is 0 Å². The summed E-state index contributed by atoms with van der Waals surface area (Å²) in [5.74, 6) is 0.259. The van der Waals surface area contributed by atoms with Crippen LogP contribution in [0, 0.1) is 6.92 Å². The topological polar surface area (TPSA) is 49.4 Å². The van der Waals surface area contributed by atoms with Gasteiger partial charge in [-0.25, -0.2) is 0 Å². The molecule has 2 aliphatic rings. The first-order valence-corrected chi connectivity index (χ1v) is 7.77. The van der Waals surface area contributed by atoms with Crippen molar-refractivity contribution >= 4 is 11.8 Å². The number of rotatable bonds is 5. The van der Waals surface area contributed by atoms with Gasteiger partial charge in [0, 0.05) is 31.5 Å². The second-order valence-corrected chi connectivity index (χ2v) is 6.19. The molecule has 1 saturated heterocycles. The molecule has 1 aliphatic carbocycles. The van der Waals surface area contributed by atoms with Gasteiger partial charge in [-0.3, -0.25) is 9.59 Å². The lowest BCUT2D eigenvalue weighted by molar-refractivity contribution is -0.130. The fourth-order valence-electron chi connectivity index (χ4n) is 2.92. The Morgan fingerprint density at radius 2 is 2.05 bits per heavy atom. The van der Waals surface area contributed by atoms with E-state index in [1.807, 2.05) is 17.0 Å². The van der Waals surface area contributed by atoms with Crippen molar-refractivity contribution in [3.63, 3.8) is 0 Å². The molecule has 1 heterocycles. The van der Waals surface area contributed by atoms with E-state index in [1.54, 1.807) is 0 Å². The van der Waals surface area contributed by atoms with Crippen LogP contribution in [-0.2, 0) is 16.1 Å². The van der Waals surface area contributed by atoms with E-state index in [0.717, 1.165) is 19.3 Å². The van der Waals surface area contributed by atoms with E-state index in [1.165, 1.54) is 11.1 Å². The van der Waals surface area contributed by atoms with Gasteiger partial charge in [0.25, 0.3) is 0 Å². The van der Waals surface area contributed by atoms with Gasteiger partial charge in [0.2, 0.25) is 11.8 Å². The smallest absolute Gasteiger partial charge is 0.223 e. The molecule has 0 bridgehead atoms. The standard InChI is InChI=1S/C17H22N2O2/c1-12-4-2-3-5-13(12)11-19-15(8-9-17(19)21)10-16(20)18-14-6-7-14/h2-5,14-15H,6-11H2,1H3,(H,18,20). The second kappa shape index (κ2) is 5.88. The van der Waals surface area contributed by atoms with Crippen LogP contribution in [0.1, 0.15) is 43.2 Å². The molecule has 1 atom stereocenters. The molecule has 0 spiro atoms. The maximum absolute atomic E-state index is 12.1. The second-order valence-electron chi connectivity index (χ2n) is 6.19. The number of hydrogen-bond donors (Lipinski definition) is 1. The van der Waals surface area contributed by atoms with Crippen molar-refractivity contribution in [3.05, 3.63) is 35.4 Å². The van der Waals surface area contributed by atoms with E-state index in [-0.39, 0.29) is 17.9 Å². The Balaban J connectivity index is 1.64. The molecule has 3 rings (SSSR count). The first-order chi connectivity index (χ1) is 10.1. The highest BCUT2D eigenvalue weighted by Gasteiger charge is 2.33. The van der Waals surface area contributed by atoms with Crippen LogP contribution in [0.4, 0.5) is 0 Å². The number of amides is 2. The molecule has 4 nitrogen and oxygen atoms in total. The van der Waals surface area contributed by atoms with E-state index in [9.17, 15) is 9.59 Å². The summed E-state index contributed by atoms with van der Waals surface area (Å²) in [6.45, 7) is 2.68. The molecular formula is C17H22N2O2. The lowest BCUT2D eigenvalue weighted by Crippen LogP contribution is -2.37. The lowest BCUT2D eigenvalue weighted by atomic mass is 10.1. The van der Waals surface area contributed by atoms with Gasteiger partial charge < -0.3 is 10.2 Å². The fourth-order valence-corrected chi connectivity index (χ4v) is 2.92. The highest BCUT2D eigenvalue weighted by Crippen LogP contribution is 2.25. The summed E-state index contributed by atoms with van der Waals surface area (Å²) >= 11 is 0. The van der Waals surface area contributed by atoms with Gasteiger partial charge in [-0.05, 0) is 37.3 Å². The molecule has 1 N–H and O–H groups in total. The molecular weight excluding hydrogens is 264 g/mol. The minimum atomic E-state index is 0.0517. The number of aryl methyl sites for hydroxylation is 1. The zero-order valence-electron chi connectivity index (χ0n) is 12.5. The SMILES string of the molecule is Cc1ccccc1CN1C(=O)CCC1CC(=O)NC1CC1. The Morgan fingerprint density at radius 3 is 2.76 bits per heavy atom. The van der Waals surface area contributed by atoms with Crippen molar-refractivity contribution in [3.8, 4) is 0 Å². The molecule has 1 unspecified atom stereocenters. The molecule has 2 fully saturated rings. The molecule has 4 heteroatoms. The zero-order valence-corrected chi connectivity index (χ0v) is 12.5. The summed E-state index contributed by atoms with van der Waals surface area (Å²) in [6, 6.07) is 8.56. The number of likely N-dealkylation sites (tertiary alicyclic amines) is 1. The molecule has 1 aliphatic heterocycles. The first kappa shape index (κ1) is 14.1. The minimum absolute atomic E-state index is 0.0517. The lowest BCUT2D eigenvalue weighted by Gasteiger charge is -2.25. The predicted molar refractivity (Wildman–Crippen MR) is 80.5 cm³/mol. The van der Waals surface area contributed by atoms with Crippen LogP contribution in [0.15, 0.2) is 24.3 Å². The molecule has 112 valence electrons. The van der Waals surface area contributed by atoms with Crippen LogP contribution in [0.25, 0.3) is 0 Å². The monoisotopic (exact) mass is 286 g/mol. The van der Waals surface area contributed by atoms with E-state index in [2.05, 4.69) is 24.4 Å². The Kier molecular flexibility index (Phi) is 3.95. The van der Waals surface area contributed by atoms with Gasteiger partial charge in [0.15, 0.2) is 0 Å². The highest BCUT2D eigenvalue weighted by atomic mass is 16.2. The first-order valence-electron chi connectivity index (χ1n) is 7.77.